The van der Waals surface area contributed by atoms with Gasteiger partial charge in [0, 0.05) is 11.6 Å². The van der Waals surface area contributed by atoms with E-state index in [1.165, 1.54) is 0 Å². The molecule has 1 N–H and O–H groups in total. The summed E-state index contributed by atoms with van der Waals surface area (Å²) in [5.41, 5.74) is 1.36. The van der Waals surface area contributed by atoms with Crippen molar-refractivity contribution in [1.29, 1.82) is 0 Å². The van der Waals surface area contributed by atoms with Crippen molar-refractivity contribution in [3.8, 4) is 0 Å². The number of nitrogens with zero attached hydrogens (tertiary/aromatic N) is 1. The Morgan fingerprint density at radius 2 is 1.95 bits per heavy atom. The van der Waals surface area contributed by atoms with Gasteiger partial charge < -0.3 is 9.52 Å². The number of hydrogen-bond acceptors (Lipinski definition) is 3. The monoisotopic (exact) mass is 293 g/mol. The van der Waals surface area contributed by atoms with Crippen molar-refractivity contribution in [3.63, 3.8) is 0 Å². The summed E-state index contributed by atoms with van der Waals surface area (Å²) < 4.78 is 5.46. The van der Waals surface area contributed by atoms with Crippen LogP contribution in [0.2, 0.25) is 5.02 Å². The molecule has 1 aromatic heterocycles. The summed E-state index contributed by atoms with van der Waals surface area (Å²) in [5, 5.41) is 9.70. The van der Waals surface area contributed by atoms with Gasteiger partial charge in [-0.1, -0.05) is 23.7 Å². The molecule has 106 valence electrons. The summed E-state index contributed by atoms with van der Waals surface area (Å²) in [4.78, 5) is 13.0. The Morgan fingerprint density at radius 1 is 1.30 bits per heavy atom. The van der Waals surface area contributed by atoms with Gasteiger partial charge in [0.15, 0.2) is 0 Å². The van der Waals surface area contributed by atoms with Crippen LogP contribution in [0.4, 0.5) is 0 Å². The van der Waals surface area contributed by atoms with E-state index in [-0.39, 0.29) is 5.56 Å². The van der Waals surface area contributed by atoms with Gasteiger partial charge in [-0.05, 0) is 37.7 Å². The standard InChI is InChI=1S/C15H16ClNO3/c1-10-14(15(18)19)7-13(20-10)9-17(2)8-11-3-5-12(16)6-4-11/h3-7H,8-9H2,1-2H3,(H,18,19). The van der Waals surface area contributed by atoms with Crippen LogP contribution in [0.15, 0.2) is 34.7 Å². The van der Waals surface area contributed by atoms with Gasteiger partial charge in [0.2, 0.25) is 0 Å². The number of hydrogen-bond donors (Lipinski definition) is 1. The first-order chi connectivity index (χ1) is 9.45. The van der Waals surface area contributed by atoms with Gasteiger partial charge in [-0.25, -0.2) is 4.79 Å². The summed E-state index contributed by atoms with van der Waals surface area (Å²) >= 11 is 5.84. The van der Waals surface area contributed by atoms with E-state index in [1.54, 1.807) is 13.0 Å². The topological polar surface area (TPSA) is 53.7 Å². The third kappa shape index (κ3) is 3.62. The van der Waals surface area contributed by atoms with Crippen molar-refractivity contribution in [2.45, 2.75) is 20.0 Å². The van der Waals surface area contributed by atoms with Crippen molar-refractivity contribution >= 4 is 17.6 Å². The van der Waals surface area contributed by atoms with Gasteiger partial charge in [0.05, 0.1) is 6.54 Å². The van der Waals surface area contributed by atoms with Gasteiger partial charge in [0.1, 0.15) is 17.1 Å². The van der Waals surface area contributed by atoms with Crippen LogP contribution in [0, 0.1) is 6.92 Å². The average molecular weight is 294 g/mol. The molecular formula is C15H16ClNO3. The van der Waals surface area contributed by atoms with Crippen molar-refractivity contribution in [3.05, 3.63) is 58.0 Å². The number of aromatic carboxylic acids is 1. The Labute approximate surface area is 122 Å². The molecule has 4 nitrogen and oxygen atoms in total. The van der Waals surface area contributed by atoms with E-state index in [0.29, 0.717) is 23.1 Å². The minimum absolute atomic E-state index is 0.222. The second-order valence-corrected chi connectivity index (χ2v) is 5.22. The van der Waals surface area contributed by atoms with Gasteiger partial charge in [-0.2, -0.15) is 0 Å². The highest BCUT2D eigenvalue weighted by molar-refractivity contribution is 6.30. The van der Waals surface area contributed by atoms with Crippen molar-refractivity contribution < 1.29 is 14.3 Å². The third-order valence-corrected chi connectivity index (χ3v) is 3.24. The van der Waals surface area contributed by atoms with Crippen LogP contribution in [0.3, 0.4) is 0 Å². The Kier molecular flexibility index (Phi) is 4.47. The molecule has 1 heterocycles. The molecule has 0 unspecified atom stereocenters. The van der Waals surface area contributed by atoms with E-state index in [2.05, 4.69) is 0 Å². The van der Waals surface area contributed by atoms with E-state index in [4.69, 9.17) is 21.1 Å². The normalized spacial score (nSPS) is 11.0. The Balaban J connectivity index is 2.00. The fraction of sp³-hybridized carbons (Fsp3) is 0.267. The molecule has 2 rings (SSSR count). The molecule has 0 aliphatic rings. The molecule has 0 saturated carbocycles. The molecule has 0 aliphatic carbocycles. The van der Waals surface area contributed by atoms with Crippen molar-refractivity contribution in [2.24, 2.45) is 0 Å². The lowest BCUT2D eigenvalue weighted by Gasteiger charge is -2.15. The lowest BCUT2D eigenvalue weighted by Crippen LogP contribution is -2.16. The first-order valence-electron chi connectivity index (χ1n) is 6.21. The van der Waals surface area contributed by atoms with Gasteiger partial charge in [0.25, 0.3) is 0 Å². The van der Waals surface area contributed by atoms with E-state index >= 15 is 0 Å². The van der Waals surface area contributed by atoms with E-state index in [9.17, 15) is 4.79 Å². The maximum absolute atomic E-state index is 11.0. The Morgan fingerprint density at radius 3 is 2.50 bits per heavy atom. The molecule has 0 saturated heterocycles. The molecule has 0 aliphatic heterocycles. The highest BCUT2D eigenvalue weighted by Gasteiger charge is 2.14. The molecule has 0 amide bonds. The van der Waals surface area contributed by atoms with Crippen molar-refractivity contribution in [2.75, 3.05) is 7.05 Å². The number of halogens is 1. The summed E-state index contributed by atoms with van der Waals surface area (Å²) in [7, 11) is 1.95. The number of furan rings is 1. The highest BCUT2D eigenvalue weighted by atomic mass is 35.5. The van der Waals surface area contributed by atoms with Crippen LogP contribution in [0.1, 0.15) is 27.4 Å². The highest BCUT2D eigenvalue weighted by Crippen LogP contribution is 2.17. The first kappa shape index (κ1) is 14.6. The summed E-state index contributed by atoms with van der Waals surface area (Å²) in [6.45, 7) is 2.95. The fourth-order valence-corrected chi connectivity index (χ4v) is 2.18. The summed E-state index contributed by atoms with van der Waals surface area (Å²) in [6.07, 6.45) is 0. The van der Waals surface area contributed by atoms with Gasteiger partial charge in [-0.15, -0.1) is 0 Å². The van der Waals surface area contributed by atoms with Gasteiger partial charge in [-0.3, -0.25) is 4.90 Å². The number of rotatable bonds is 5. The molecule has 0 atom stereocenters. The average Bonchev–Trinajstić information content (AvgIpc) is 2.73. The van der Waals surface area contributed by atoms with E-state index in [0.717, 1.165) is 12.1 Å². The van der Waals surface area contributed by atoms with Crippen LogP contribution in [0.5, 0.6) is 0 Å². The molecule has 20 heavy (non-hydrogen) atoms. The zero-order valence-corrected chi connectivity index (χ0v) is 12.1. The molecule has 1 aromatic carbocycles. The van der Waals surface area contributed by atoms with Crippen molar-refractivity contribution in [1.82, 2.24) is 4.90 Å². The number of carbonyl (C=O) groups is 1. The zero-order valence-electron chi connectivity index (χ0n) is 11.4. The molecular weight excluding hydrogens is 278 g/mol. The van der Waals surface area contributed by atoms with Crippen LogP contribution in [-0.4, -0.2) is 23.0 Å². The van der Waals surface area contributed by atoms with Crippen LogP contribution < -0.4 is 0 Å². The van der Waals surface area contributed by atoms with Crippen LogP contribution in [0.25, 0.3) is 0 Å². The maximum Gasteiger partial charge on any atom is 0.339 e. The minimum Gasteiger partial charge on any atom is -0.478 e. The Hall–Kier alpha value is -1.78. The van der Waals surface area contributed by atoms with E-state index < -0.39 is 5.97 Å². The SMILES string of the molecule is Cc1oc(CN(C)Cc2ccc(Cl)cc2)cc1C(=O)O. The number of benzene rings is 1. The molecule has 2 aromatic rings. The molecule has 0 spiro atoms. The van der Waals surface area contributed by atoms with E-state index in [1.807, 2.05) is 36.2 Å². The second kappa shape index (κ2) is 6.11. The zero-order chi connectivity index (χ0) is 14.7. The number of aryl methyl sites for hydroxylation is 1. The van der Waals surface area contributed by atoms with Crippen LogP contribution in [-0.2, 0) is 13.1 Å². The molecule has 0 bridgehead atoms. The molecule has 5 heteroatoms. The first-order valence-corrected chi connectivity index (χ1v) is 6.59. The smallest absolute Gasteiger partial charge is 0.339 e. The predicted octanol–water partition coefficient (Wildman–Crippen LogP) is 3.57. The lowest BCUT2D eigenvalue weighted by atomic mass is 10.2. The Bertz CT molecular complexity index is 604. The lowest BCUT2D eigenvalue weighted by molar-refractivity contribution is 0.0695. The molecule has 0 fully saturated rings. The van der Waals surface area contributed by atoms with Gasteiger partial charge >= 0.3 is 5.97 Å². The number of carboxylic acids is 1. The second-order valence-electron chi connectivity index (χ2n) is 4.79. The quantitative estimate of drug-likeness (QED) is 0.915. The summed E-state index contributed by atoms with van der Waals surface area (Å²) in [6, 6.07) is 9.22. The maximum atomic E-state index is 11.0. The van der Waals surface area contributed by atoms with Crippen LogP contribution >= 0.6 is 11.6 Å². The fourth-order valence-electron chi connectivity index (χ4n) is 2.06. The largest absolute Gasteiger partial charge is 0.478 e. The minimum atomic E-state index is -0.960. The predicted molar refractivity (Wildman–Crippen MR) is 77.0 cm³/mol. The summed E-state index contributed by atoms with van der Waals surface area (Å²) in [5.74, 6) is 0.126. The third-order valence-electron chi connectivity index (χ3n) is 2.99. The molecule has 0 radical (unpaired) electrons. The number of carboxylic acid groups (broad SMARTS) is 1.